The molecule has 4 aromatic heterocycles. The van der Waals surface area contributed by atoms with Crippen molar-refractivity contribution < 1.29 is 0 Å². The third kappa shape index (κ3) is 4.30. The lowest BCUT2D eigenvalue weighted by atomic mass is 10.0. The van der Waals surface area contributed by atoms with E-state index >= 15 is 0 Å². The van der Waals surface area contributed by atoms with E-state index < -0.39 is 0 Å². The van der Waals surface area contributed by atoms with Gasteiger partial charge in [0.05, 0.1) is 18.1 Å². The molecule has 156 valence electrons. The zero-order valence-corrected chi connectivity index (χ0v) is 17.7. The number of fused-ring (bicyclic) bond motifs is 1. The first-order chi connectivity index (χ1) is 15.8. The molecule has 32 heavy (non-hydrogen) atoms. The molecule has 0 amide bonds. The smallest absolute Gasteiger partial charge is 0.135 e. The summed E-state index contributed by atoms with van der Waals surface area (Å²) in [4.78, 5) is 13.4. The lowest BCUT2D eigenvalue weighted by Gasteiger charge is -2.10. The molecule has 0 saturated heterocycles. The van der Waals surface area contributed by atoms with Gasteiger partial charge in [-0.05, 0) is 65.8 Å². The van der Waals surface area contributed by atoms with Crippen molar-refractivity contribution in [3.8, 4) is 22.4 Å². The van der Waals surface area contributed by atoms with E-state index in [9.17, 15) is 0 Å². The second-order valence-electron chi connectivity index (χ2n) is 7.64. The number of rotatable bonds is 6. The molecule has 0 bridgehead atoms. The monoisotopic (exact) mass is 418 g/mol. The first-order valence-corrected chi connectivity index (χ1v) is 10.5. The number of aryl methyl sites for hydroxylation is 1. The molecule has 0 aliphatic heterocycles. The van der Waals surface area contributed by atoms with Crippen molar-refractivity contribution >= 4 is 16.6 Å². The van der Waals surface area contributed by atoms with Crippen LogP contribution in [0.1, 0.15) is 11.3 Å². The molecule has 0 atom stereocenters. The van der Waals surface area contributed by atoms with Crippen molar-refractivity contribution in [1.29, 1.82) is 0 Å². The Kier molecular flexibility index (Phi) is 5.49. The van der Waals surface area contributed by atoms with Crippen LogP contribution in [0.2, 0.25) is 0 Å². The molecular weight excluding hydrogens is 396 g/mol. The van der Waals surface area contributed by atoms with Crippen LogP contribution in [0.25, 0.3) is 33.2 Å². The van der Waals surface area contributed by atoms with Gasteiger partial charge in [0.15, 0.2) is 0 Å². The Hall–Kier alpha value is -4.19. The Balaban J connectivity index is 1.27. The highest BCUT2D eigenvalue weighted by molar-refractivity contribution is 5.93. The fourth-order valence-corrected chi connectivity index (χ4v) is 3.72. The van der Waals surface area contributed by atoms with Crippen molar-refractivity contribution in [2.75, 3.05) is 11.9 Å². The zero-order chi connectivity index (χ0) is 21.8. The number of aromatic nitrogens is 5. The SMILES string of the molecule is Cc1cc(-c2ccc(CCNc3nccc4cc(-c5ccnnc5)ncc34)cc2)ccn1. The standard InChI is InChI=1S/C26H22N6/c1-18-14-21(7-11-27-18)20-4-2-19(3-5-20)6-10-28-26-24-17-30-25(15-22(24)8-12-29-26)23-9-13-31-32-16-23/h2-5,7-9,11-17H,6,10H2,1H3,(H,28,29). The van der Waals surface area contributed by atoms with Gasteiger partial charge in [0, 0.05) is 41.8 Å². The minimum Gasteiger partial charge on any atom is -0.369 e. The first kappa shape index (κ1) is 19.8. The molecule has 4 heterocycles. The average molecular weight is 419 g/mol. The minimum absolute atomic E-state index is 0.788. The number of pyridine rings is 3. The maximum atomic E-state index is 4.60. The van der Waals surface area contributed by atoms with Gasteiger partial charge in [-0.25, -0.2) is 4.98 Å². The predicted molar refractivity (Wildman–Crippen MR) is 127 cm³/mol. The summed E-state index contributed by atoms with van der Waals surface area (Å²) in [7, 11) is 0. The van der Waals surface area contributed by atoms with Crippen LogP contribution < -0.4 is 5.32 Å². The van der Waals surface area contributed by atoms with Gasteiger partial charge in [-0.3, -0.25) is 9.97 Å². The molecule has 0 unspecified atom stereocenters. The molecule has 1 aromatic carbocycles. The van der Waals surface area contributed by atoms with E-state index in [2.05, 4.69) is 66.9 Å². The van der Waals surface area contributed by atoms with E-state index in [0.29, 0.717) is 0 Å². The van der Waals surface area contributed by atoms with Gasteiger partial charge in [0.2, 0.25) is 0 Å². The maximum Gasteiger partial charge on any atom is 0.135 e. The largest absolute Gasteiger partial charge is 0.369 e. The molecule has 5 rings (SSSR count). The summed E-state index contributed by atoms with van der Waals surface area (Å²) >= 11 is 0. The third-order valence-corrected chi connectivity index (χ3v) is 5.42. The summed E-state index contributed by atoms with van der Waals surface area (Å²) in [5.41, 5.74) is 6.51. The highest BCUT2D eigenvalue weighted by atomic mass is 15.1. The van der Waals surface area contributed by atoms with Gasteiger partial charge in [-0.2, -0.15) is 10.2 Å². The Bertz CT molecular complexity index is 1350. The Morgan fingerprint density at radius 3 is 2.38 bits per heavy atom. The normalized spacial score (nSPS) is 10.9. The number of anilines is 1. The molecular formula is C26H22N6. The van der Waals surface area contributed by atoms with Crippen LogP contribution in [-0.4, -0.2) is 31.7 Å². The topological polar surface area (TPSA) is 76.5 Å². The van der Waals surface area contributed by atoms with Gasteiger partial charge < -0.3 is 5.32 Å². The lowest BCUT2D eigenvalue weighted by molar-refractivity contribution is 1.01. The fourth-order valence-electron chi connectivity index (χ4n) is 3.72. The first-order valence-electron chi connectivity index (χ1n) is 10.5. The van der Waals surface area contributed by atoms with Crippen molar-refractivity contribution in [1.82, 2.24) is 25.1 Å². The molecule has 6 nitrogen and oxygen atoms in total. The highest BCUT2D eigenvalue weighted by Gasteiger charge is 2.06. The zero-order valence-electron chi connectivity index (χ0n) is 17.7. The summed E-state index contributed by atoms with van der Waals surface area (Å²) in [6.07, 6.45) is 9.84. The molecule has 0 aliphatic carbocycles. The quantitative estimate of drug-likeness (QED) is 0.413. The summed E-state index contributed by atoms with van der Waals surface area (Å²) in [5.74, 6) is 0.846. The molecule has 1 N–H and O–H groups in total. The van der Waals surface area contributed by atoms with E-state index in [-0.39, 0.29) is 0 Å². The second-order valence-corrected chi connectivity index (χ2v) is 7.64. The van der Waals surface area contributed by atoms with Crippen LogP contribution in [0, 0.1) is 6.92 Å². The van der Waals surface area contributed by atoms with Crippen molar-refractivity contribution in [3.63, 3.8) is 0 Å². The number of benzene rings is 1. The summed E-state index contributed by atoms with van der Waals surface area (Å²) in [6, 6.07) is 18.8. The number of nitrogens with one attached hydrogen (secondary N) is 1. The fraction of sp³-hybridized carbons (Fsp3) is 0.115. The Labute approximate surface area is 186 Å². The van der Waals surface area contributed by atoms with Crippen LogP contribution in [-0.2, 0) is 6.42 Å². The van der Waals surface area contributed by atoms with Crippen LogP contribution >= 0.6 is 0 Å². The molecule has 0 saturated carbocycles. The molecule has 0 spiro atoms. The van der Waals surface area contributed by atoms with Crippen molar-refractivity contribution in [3.05, 3.63) is 96.8 Å². The highest BCUT2D eigenvalue weighted by Crippen LogP contribution is 2.25. The van der Waals surface area contributed by atoms with E-state index in [1.54, 1.807) is 12.4 Å². The average Bonchev–Trinajstić information content (AvgIpc) is 2.85. The van der Waals surface area contributed by atoms with Crippen molar-refractivity contribution in [2.45, 2.75) is 13.3 Å². The van der Waals surface area contributed by atoms with Crippen LogP contribution in [0.3, 0.4) is 0 Å². The minimum atomic E-state index is 0.788. The number of nitrogens with zero attached hydrogens (tertiary/aromatic N) is 5. The van der Waals surface area contributed by atoms with E-state index in [1.807, 2.05) is 43.7 Å². The molecule has 0 fully saturated rings. The van der Waals surface area contributed by atoms with E-state index in [4.69, 9.17) is 0 Å². The van der Waals surface area contributed by atoms with Gasteiger partial charge in [-0.1, -0.05) is 24.3 Å². The molecule has 0 radical (unpaired) electrons. The molecule has 5 aromatic rings. The Morgan fingerprint density at radius 2 is 1.56 bits per heavy atom. The van der Waals surface area contributed by atoms with Gasteiger partial charge >= 0.3 is 0 Å². The van der Waals surface area contributed by atoms with Crippen LogP contribution in [0.5, 0.6) is 0 Å². The second kappa shape index (κ2) is 8.89. The predicted octanol–water partition coefficient (Wildman–Crippen LogP) is 5.11. The van der Waals surface area contributed by atoms with E-state index in [0.717, 1.165) is 46.5 Å². The van der Waals surface area contributed by atoms with Gasteiger partial charge in [-0.15, -0.1) is 0 Å². The molecule has 0 aliphatic rings. The van der Waals surface area contributed by atoms with Crippen LogP contribution in [0.15, 0.2) is 85.6 Å². The van der Waals surface area contributed by atoms with Crippen LogP contribution in [0.4, 0.5) is 5.82 Å². The van der Waals surface area contributed by atoms with Crippen molar-refractivity contribution in [2.24, 2.45) is 0 Å². The van der Waals surface area contributed by atoms with Gasteiger partial charge in [0.25, 0.3) is 0 Å². The van der Waals surface area contributed by atoms with Gasteiger partial charge in [0.1, 0.15) is 5.82 Å². The summed E-state index contributed by atoms with van der Waals surface area (Å²) in [5, 5.41) is 13.3. The summed E-state index contributed by atoms with van der Waals surface area (Å²) in [6.45, 7) is 2.80. The third-order valence-electron chi connectivity index (χ3n) is 5.42. The number of hydrogen-bond acceptors (Lipinski definition) is 6. The van der Waals surface area contributed by atoms with E-state index in [1.165, 1.54) is 16.7 Å². The molecule has 6 heteroatoms. The maximum absolute atomic E-state index is 4.60. The summed E-state index contributed by atoms with van der Waals surface area (Å²) < 4.78 is 0. The Morgan fingerprint density at radius 1 is 0.719 bits per heavy atom. The lowest BCUT2D eigenvalue weighted by Crippen LogP contribution is -2.06. The number of hydrogen-bond donors (Lipinski definition) is 1.